The van der Waals surface area contributed by atoms with Crippen molar-refractivity contribution >= 4 is 41.0 Å². The molecule has 12 heteroatoms. The van der Waals surface area contributed by atoms with Crippen molar-refractivity contribution in [3.8, 4) is 16.9 Å². The van der Waals surface area contributed by atoms with Crippen LogP contribution in [0.25, 0.3) is 11.1 Å². The minimum atomic E-state index is -2.72. The Morgan fingerprint density at radius 1 is 1.28 bits per heavy atom. The van der Waals surface area contributed by atoms with E-state index in [0.29, 0.717) is 10.5 Å². The first-order valence-corrected chi connectivity index (χ1v) is 10.6. The maximum absolute atomic E-state index is 14.6. The first kappa shape index (κ1) is 24.0. The summed E-state index contributed by atoms with van der Waals surface area (Å²) in [6.07, 6.45) is -1.10. The molecule has 0 bridgehead atoms. The average Bonchev–Trinajstić information content (AvgIpc) is 2.68. The van der Waals surface area contributed by atoms with Crippen LogP contribution < -0.4 is 15.2 Å². The summed E-state index contributed by atoms with van der Waals surface area (Å²) in [7, 11) is 0. The second-order valence-corrected chi connectivity index (χ2v) is 8.08. The summed E-state index contributed by atoms with van der Waals surface area (Å²) in [4.78, 5) is 12.3. The molecular formula is C20H15Cl2F3N3O3S+. The van der Waals surface area contributed by atoms with E-state index < -0.39 is 24.9 Å². The third-order valence-electron chi connectivity index (χ3n) is 4.06. The average molecular weight is 505 g/mol. The Morgan fingerprint density at radius 2 is 2.03 bits per heavy atom. The molecule has 0 atom stereocenters. The zero-order valence-electron chi connectivity index (χ0n) is 16.0. The number of amides is 2. The Bertz CT molecular complexity index is 1130. The molecule has 3 rings (SSSR count). The number of nitrogens with zero attached hydrogens (tertiary/aromatic N) is 1. The molecule has 32 heavy (non-hydrogen) atoms. The lowest BCUT2D eigenvalue weighted by molar-refractivity contribution is -0.427. The molecule has 2 aromatic rings. The van der Waals surface area contributed by atoms with Crippen molar-refractivity contribution in [2.24, 2.45) is 5.11 Å². The van der Waals surface area contributed by atoms with Crippen LogP contribution in [0.2, 0.25) is 10.0 Å². The first-order chi connectivity index (χ1) is 15.2. The highest BCUT2D eigenvalue weighted by Gasteiger charge is 2.17. The zero-order valence-corrected chi connectivity index (χ0v) is 18.4. The lowest BCUT2D eigenvalue weighted by atomic mass is 10.0. The van der Waals surface area contributed by atoms with Crippen LogP contribution in [-0.2, 0) is 6.54 Å². The maximum Gasteiger partial charge on any atom is 0.509 e. The summed E-state index contributed by atoms with van der Waals surface area (Å²) < 4.78 is 44.9. The van der Waals surface area contributed by atoms with Gasteiger partial charge in [-0.05, 0) is 40.4 Å². The van der Waals surface area contributed by atoms with Gasteiger partial charge in [0, 0.05) is 16.1 Å². The summed E-state index contributed by atoms with van der Waals surface area (Å²) in [6, 6.07) is 6.07. The lowest BCUT2D eigenvalue weighted by Gasteiger charge is -2.14. The molecule has 0 unspecified atom stereocenters. The van der Waals surface area contributed by atoms with E-state index in [1.165, 1.54) is 36.0 Å². The molecule has 3 N–H and O–H groups in total. The number of hydrogen-bond donors (Lipinski definition) is 3. The normalized spacial score (nSPS) is 14.6. The monoisotopic (exact) mass is 504 g/mol. The minimum absolute atomic E-state index is 0.00809. The third-order valence-corrected chi connectivity index (χ3v) is 5.41. The van der Waals surface area contributed by atoms with Gasteiger partial charge in [-0.25, -0.2) is 18.5 Å². The van der Waals surface area contributed by atoms with Crippen molar-refractivity contribution in [3.05, 3.63) is 74.0 Å². The SMILES string of the molecule is O=C(NCc1ccc(-c2cc(Cl)cc(Cl)c2OCC(F)F)cc1F)[NH+]=NC(O)=C1C=CS1. The van der Waals surface area contributed by atoms with Crippen LogP contribution in [0.4, 0.5) is 18.0 Å². The molecule has 2 aromatic carbocycles. The van der Waals surface area contributed by atoms with Crippen LogP contribution in [0, 0.1) is 5.82 Å². The molecule has 0 radical (unpaired) electrons. The number of aliphatic hydroxyl groups excluding tert-OH is 1. The van der Waals surface area contributed by atoms with Crippen molar-refractivity contribution in [1.29, 1.82) is 0 Å². The summed E-state index contributed by atoms with van der Waals surface area (Å²) in [5.41, 5.74) is 0.679. The van der Waals surface area contributed by atoms with Gasteiger partial charge in [0.25, 0.3) is 12.3 Å². The molecule has 0 fully saturated rings. The van der Waals surface area contributed by atoms with E-state index in [0.717, 1.165) is 6.07 Å². The second kappa shape index (κ2) is 10.8. The zero-order chi connectivity index (χ0) is 23.3. The van der Waals surface area contributed by atoms with E-state index in [2.05, 4.69) is 15.5 Å². The van der Waals surface area contributed by atoms with Gasteiger partial charge in [-0.1, -0.05) is 47.1 Å². The van der Waals surface area contributed by atoms with Crippen molar-refractivity contribution in [2.45, 2.75) is 13.0 Å². The predicted octanol–water partition coefficient (Wildman–Crippen LogP) is 5.17. The minimum Gasteiger partial charge on any atom is -0.490 e. The molecule has 1 heterocycles. The number of aliphatic hydroxyl groups is 1. The van der Waals surface area contributed by atoms with E-state index in [9.17, 15) is 23.1 Å². The van der Waals surface area contributed by atoms with Gasteiger partial charge in [-0.2, -0.15) is 4.79 Å². The van der Waals surface area contributed by atoms with Crippen LogP contribution in [0.1, 0.15) is 5.56 Å². The molecule has 0 saturated carbocycles. The molecule has 168 valence electrons. The number of carbonyl (C=O) groups is 1. The number of benzene rings is 2. The number of thioether (sulfide) groups is 1. The van der Waals surface area contributed by atoms with Crippen LogP contribution in [0.15, 0.2) is 57.7 Å². The van der Waals surface area contributed by atoms with Gasteiger partial charge >= 0.3 is 6.03 Å². The molecule has 0 saturated heterocycles. The van der Waals surface area contributed by atoms with E-state index in [-0.39, 0.29) is 39.3 Å². The highest BCUT2D eigenvalue weighted by Crippen LogP contribution is 2.39. The largest absolute Gasteiger partial charge is 0.509 e. The summed E-state index contributed by atoms with van der Waals surface area (Å²) in [5.74, 6) is -1.05. The van der Waals surface area contributed by atoms with Gasteiger partial charge in [0.05, 0.1) is 9.93 Å². The Balaban J connectivity index is 1.73. The van der Waals surface area contributed by atoms with Crippen LogP contribution in [-0.4, -0.2) is 24.2 Å². The Hall–Kier alpha value is -2.69. The number of rotatable bonds is 7. The quantitative estimate of drug-likeness (QED) is 0.358. The number of hydrogen-bond acceptors (Lipinski definition) is 5. The highest BCUT2D eigenvalue weighted by molar-refractivity contribution is 8.07. The fourth-order valence-corrected chi connectivity index (χ4v) is 3.53. The predicted molar refractivity (Wildman–Crippen MR) is 115 cm³/mol. The van der Waals surface area contributed by atoms with Crippen molar-refractivity contribution < 1.29 is 32.9 Å². The van der Waals surface area contributed by atoms with Gasteiger partial charge in [-0.15, -0.1) is 5.11 Å². The van der Waals surface area contributed by atoms with Crippen LogP contribution in [0.3, 0.4) is 0 Å². The summed E-state index contributed by atoms with van der Waals surface area (Å²) in [6.45, 7) is -1.06. The van der Waals surface area contributed by atoms with Crippen molar-refractivity contribution in [2.75, 3.05) is 6.61 Å². The van der Waals surface area contributed by atoms with Gasteiger partial charge < -0.3 is 9.84 Å². The van der Waals surface area contributed by atoms with Crippen molar-refractivity contribution in [1.82, 2.24) is 5.32 Å². The van der Waals surface area contributed by atoms with E-state index in [1.54, 1.807) is 11.5 Å². The Morgan fingerprint density at radius 3 is 2.66 bits per heavy atom. The number of carbonyl (C=O) groups excluding carboxylic acids is 1. The molecule has 6 nitrogen and oxygen atoms in total. The van der Waals surface area contributed by atoms with Crippen LogP contribution in [0.5, 0.6) is 5.75 Å². The van der Waals surface area contributed by atoms with E-state index in [4.69, 9.17) is 27.9 Å². The molecule has 0 aromatic heterocycles. The number of allylic oxidation sites excluding steroid dienone is 1. The van der Waals surface area contributed by atoms with Gasteiger partial charge in [-0.3, -0.25) is 0 Å². The van der Waals surface area contributed by atoms with Gasteiger partial charge in [0.1, 0.15) is 24.7 Å². The Kier molecular flexibility index (Phi) is 8.05. The molecule has 1 aliphatic heterocycles. The number of halogens is 5. The molecular weight excluding hydrogens is 490 g/mol. The van der Waals surface area contributed by atoms with Gasteiger partial charge in [0.2, 0.25) is 0 Å². The van der Waals surface area contributed by atoms with Crippen LogP contribution >= 0.6 is 35.0 Å². The summed E-state index contributed by atoms with van der Waals surface area (Å²) >= 11 is 13.3. The smallest absolute Gasteiger partial charge is 0.490 e. The van der Waals surface area contributed by atoms with E-state index in [1.807, 2.05) is 0 Å². The fraction of sp³-hybridized carbons (Fsp3) is 0.150. The number of azo groups is 1. The Labute approximate surface area is 194 Å². The molecule has 0 aliphatic carbocycles. The van der Waals surface area contributed by atoms with E-state index >= 15 is 0 Å². The maximum atomic E-state index is 14.6. The fourth-order valence-electron chi connectivity index (χ4n) is 2.56. The summed E-state index contributed by atoms with van der Waals surface area (Å²) in [5, 5.41) is 19.5. The molecule has 2 amide bonds. The molecule has 1 aliphatic rings. The number of urea groups is 1. The number of alkyl halides is 2. The highest BCUT2D eigenvalue weighted by atomic mass is 35.5. The second-order valence-electron chi connectivity index (χ2n) is 6.29. The third kappa shape index (κ3) is 6.18. The number of nitrogens with one attached hydrogen (secondary N) is 2. The number of ether oxygens (including phenoxy) is 1. The molecule has 0 spiro atoms. The standard InChI is InChI=1S/C20H14Cl2F3N3O3S/c21-12-6-13(18(14(22)7-12)31-9-17(24)25)10-1-2-11(15(23)5-10)8-26-20(30)28-27-19(29)16-3-4-32-16/h1-7,17,29H,8-9H2,(H,26,30)/p+1. The van der Waals surface area contributed by atoms with Crippen molar-refractivity contribution in [3.63, 3.8) is 0 Å². The lowest BCUT2D eigenvalue weighted by Crippen LogP contribution is -2.74. The first-order valence-electron chi connectivity index (χ1n) is 8.94. The topological polar surface area (TPSA) is 84.9 Å². The van der Waals surface area contributed by atoms with Gasteiger partial charge in [0.15, 0.2) is 0 Å².